The summed E-state index contributed by atoms with van der Waals surface area (Å²) in [4.78, 5) is 11.0. The Hall–Kier alpha value is -2.53. The highest BCUT2D eigenvalue weighted by Gasteiger charge is 2.18. The molecule has 0 aliphatic carbocycles. The van der Waals surface area contributed by atoms with Gasteiger partial charge in [-0.25, -0.2) is 0 Å². The highest BCUT2D eigenvalue weighted by molar-refractivity contribution is 6.30. The van der Waals surface area contributed by atoms with Gasteiger partial charge in [-0.3, -0.25) is 0 Å². The molecule has 0 radical (unpaired) electrons. The first-order valence-electron chi connectivity index (χ1n) is 7.64. The zero-order chi connectivity index (χ0) is 17.1. The van der Waals surface area contributed by atoms with E-state index in [-0.39, 0.29) is 11.6 Å². The van der Waals surface area contributed by atoms with E-state index in [1.54, 1.807) is 22.8 Å². The van der Waals surface area contributed by atoms with Crippen LogP contribution in [0.4, 0.5) is 5.69 Å². The Morgan fingerprint density at radius 2 is 1.96 bits per heavy atom. The van der Waals surface area contributed by atoms with Crippen LogP contribution in [-0.2, 0) is 6.54 Å². The normalized spacial score (nSPS) is 10.9. The lowest BCUT2D eigenvalue weighted by Gasteiger charge is -2.10. The highest BCUT2D eigenvalue weighted by atomic mass is 35.5. The molecule has 0 unspecified atom stereocenters. The average molecular weight is 345 g/mol. The van der Waals surface area contributed by atoms with Gasteiger partial charge < -0.3 is 14.4 Å². The van der Waals surface area contributed by atoms with Gasteiger partial charge in [0.1, 0.15) is 5.75 Å². The third-order valence-corrected chi connectivity index (χ3v) is 4.18. The fourth-order valence-electron chi connectivity index (χ4n) is 2.81. The third-order valence-electron chi connectivity index (χ3n) is 3.93. The van der Waals surface area contributed by atoms with Gasteiger partial charge in [0, 0.05) is 17.0 Å². The number of nitrogens with zero attached hydrogens (tertiary/aromatic N) is 2. The van der Waals surface area contributed by atoms with E-state index in [9.17, 15) is 10.0 Å². The maximum absolute atomic E-state index is 11.0. The van der Waals surface area contributed by atoms with Crippen molar-refractivity contribution in [3.05, 3.63) is 58.0 Å². The Kier molecular flexibility index (Phi) is 4.71. The van der Waals surface area contributed by atoms with Crippen molar-refractivity contribution >= 4 is 28.2 Å². The zero-order valence-corrected chi connectivity index (χ0v) is 14.0. The zero-order valence-electron chi connectivity index (χ0n) is 13.2. The number of ether oxygens (including phenoxy) is 1. The lowest BCUT2D eigenvalue weighted by Crippen LogP contribution is -2.04. The van der Waals surface area contributed by atoms with Crippen molar-refractivity contribution < 1.29 is 9.84 Å². The number of rotatable bonds is 6. The van der Waals surface area contributed by atoms with E-state index in [0.29, 0.717) is 30.0 Å². The summed E-state index contributed by atoms with van der Waals surface area (Å²) >= 11 is 5.84. The third kappa shape index (κ3) is 3.08. The summed E-state index contributed by atoms with van der Waals surface area (Å²) in [5.74, 6) is 0.646. The molecule has 1 N–H and O–H groups in total. The summed E-state index contributed by atoms with van der Waals surface area (Å²) in [5.41, 5.74) is 1.90. The molecular formula is C18H17ClN2O3. The predicted octanol–water partition coefficient (Wildman–Crippen LogP) is 5.18. The van der Waals surface area contributed by atoms with Gasteiger partial charge in [-0.1, -0.05) is 29.8 Å². The Labute approximate surface area is 144 Å². The SMILES string of the molecule is Cc1cccc2c(N=O)c(O)n(CCCOc3ccc(Cl)cc3)c12. The van der Waals surface area contributed by atoms with E-state index >= 15 is 0 Å². The number of nitroso groups, excluding NO2 is 1. The second-order valence-electron chi connectivity index (χ2n) is 5.54. The Morgan fingerprint density at radius 1 is 1.21 bits per heavy atom. The molecule has 124 valence electrons. The molecule has 1 aromatic heterocycles. The number of aromatic nitrogens is 1. The molecule has 2 aromatic carbocycles. The van der Waals surface area contributed by atoms with Crippen molar-refractivity contribution in [2.75, 3.05) is 6.61 Å². The van der Waals surface area contributed by atoms with E-state index in [1.807, 2.05) is 31.2 Å². The molecule has 1 heterocycles. The summed E-state index contributed by atoms with van der Waals surface area (Å²) in [7, 11) is 0. The maximum Gasteiger partial charge on any atom is 0.222 e. The number of halogens is 1. The number of hydrogen-bond donors (Lipinski definition) is 1. The van der Waals surface area contributed by atoms with Crippen LogP contribution in [-0.4, -0.2) is 16.3 Å². The van der Waals surface area contributed by atoms with Crippen molar-refractivity contribution in [1.82, 2.24) is 4.57 Å². The van der Waals surface area contributed by atoms with Crippen LogP contribution in [0.3, 0.4) is 0 Å². The first-order chi connectivity index (χ1) is 11.6. The van der Waals surface area contributed by atoms with Gasteiger partial charge in [0.15, 0.2) is 5.69 Å². The van der Waals surface area contributed by atoms with Gasteiger partial charge >= 0.3 is 0 Å². The summed E-state index contributed by atoms with van der Waals surface area (Å²) in [6.07, 6.45) is 0.673. The summed E-state index contributed by atoms with van der Waals surface area (Å²) in [6.45, 7) is 2.95. The van der Waals surface area contributed by atoms with E-state index in [2.05, 4.69) is 5.18 Å². The quantitative estimate of drug-likeness (QED) is 0.495. The lowest BCUT2D eigenvalue weighted by molar-refractivity contribution is 0.298. The molecule has 0 atom stereocenters. The van der Waals surface area contributed by atoms with E-state index < -0.39 is 0 Å². The van der Waals surface area contributed by atoms with Gasteiger partial charge in [0.05, 0.1) is 12.1 Å². The minimum atomic E-state index is -0.0965. The predicted molar refractivity (Wildman–Crippen MR) is 95.4 cm³/mol. The van der Waals surface area contributed by atoms with E-state index in [0.717, 1.165) is 16.8 Å². The Balaban J connectivity index is 1.74. The molecule has 0 saturated heterocycles. The monoisotopic (exact) mass is 344 g/mol. The standard InChI is InChI=1S/C18H17ClN2O3/c1-12-4-2-5-15-16(20-23)18(22)21(17(12)15)10-3-11-24-14-8-6-13(19)7-9-14/h2,4-9,22H,3,10-11H2,1H3. The minimum absolute atomic E-state index is 0.0901. The average Bonchev–Trinajstić information content (AvgIpc) is 2.86. The molecule has 0 bridgehead atoms. The molecule has 0 spiro atoms. The van der Waals surface area contributed by atoms with Crippen LogP contribution in [0.15, 0.2) is 47.6 Å². The first-order valence-corrected chi connectivity index (χ1v) is 8.02. The van der Waals surface area contributed by atoms with Crippen LogP contribution in [0, 0.1) is 11.8 Å². The van der Waals surface area contributed by atoms with Crippen LogP contribution >= 0.6 is 11.6 Å². The number of aryl methyl sites for hydroxylation is 2. The molecule has 0 aliphatic heterocycles. The first kappa shape index (κ1) is 16.3. The van der Waals surface area contributed by atoms with Crippen molar-refractivity contribution in [3.63, 3.8) is 0 Å². The number of hydrogen-bond acceptors (Lipinski definition) is 4. The molecule has 24 heavy (non-hydrogen) atoms. The number of aromatic hydroxyl groups is 1. The summed E-state index contributed by atoms with van der Waals surface area (Å²) < 4.78 is 7.37. The fraction of sp³-hybridized carbons (Fsp3) is 0.222. The van der Waals surface area contributed by atoms with Crippen molar-refractivity contribution in [2.45, 2.75) is 19.9 Å². The van der Waals surface area contributed by atoms with Crippen molar-refractivity contribution in [1.29, 1.82) is 0 Å². The highest BCUT2D eigenvalue weighted by Crippen LogP contribution is 2.39. The number of benzene rings is 2. The van der Waals surface area contributed by atoms with Gasteiger partial charge in [0.25, 0.3) is 0 Å². The topological polar surface area (TPSA) is 63.8 Å². The molecule has 6 heteroatoms. The molecular weight excluding hydrogens is 328 g/mol. The molecule has 0 saturated carbocycles. The smallest absolute Gasteiger partial charge is 0.222 e. The van der Waals surface area contributed by atoms with E-state index in [4.69, 9.17) is 16.3 Å². The van der Waals surface area contributed by atoms with Gasteiger partial charge in [-0.15, -0.1) is 4.91 Å². The molecule has 0 fully saturated rings. The second kappa shape index (κ2) is 6.93. The van der Waals surface area contributed by atoms with Crippen LogP contribution in [0.1, 0.15) is 12.0 Å². The molecule has 3 rings (SSSR count). The van der Waals surface area contributed by atoms with Crippen molar-refractivity contribution in [3.8, 4) is 11.6 Å². The number of para-hydroxylation sites is 1. The van der Waals surface area contributed by atoms with Crippen LogP contribution in [0.25, 0.3) is 10.9 Å². The van der Waals surface area contributed by atoms with Gasteiger partial charge in [-0.2, -0.15) is 0 Å². The number of fused-ring (bicyclic) bond motifs is 1. The lowest BCUT2D eigenvalue weighted by atomic mass is 10.1. The Morgan fingerprint density at radius 3 is 2.67 bits per heavy atom. The van der Waals surface area contributed by atoms with Crippen LogP contribution < -0.4 is 4.74 Å². The van der Waals surface area contributed by atoms with Crippen LogP contribution in [0.2, 0.25) is 5.02 Å². The van der Waals surface area contributed by atoms with E-state index in [1.165, 1.54) is 0 Å². The van der Waals surface area contributed by atoms with Gasteiger partial charge in [-0.05, 0) is 48.4 Å². The maximum atomic E-state index is 11.0. The molecule has 3 aromatic rings. The fourth-order valence-corrected chi connectivity index (χ4v) is 2.94. The molecule has 0 aliphatic rings. The summed E-state index contributed by atoms with van der Waals surface area (Å²) in [5, 5.41) is 14.6. The minimum Gasteiger partial charge on any atom is -0.494 e. The van der Waals surface area contributed by atoms with Crippen molar-refractivity contribution in [2.24, 2.45) is 5.18 Å². The summed E-state index contributed by atoms with van der Waals surface area (Å²) in [6, 6.07) is 12.7. The molecule has 5 nitrogen and oxygen atoms in total. The largest absolute Gasteiger partial charge is 0.494 e. The molecule has 0 amide bonds. The van der Waals surface area contributed by atoms with Crippen LogP contribution in [0.5, 0.6) is 11.6 Å². The second-order valence-corrected chi connectivity index (χ2v) is 5.98. The van der Waals surface area contributed by atoms with Gasteiger partial charge in [0.2, 0.25) is 5.88 Å². The Bertz CT molecular complexity index is 872.